The second-order valence-corrected chi connectivity index (χ2v) is 6.82. The van der Waals surface area contributed by atoms with Crippen LogP contribution >= 0.6 is 11.3 Å². The minimum absolute atomic E-state index is 0.249. The van der Waals surface area contributed by atoms with Crippen LogP contribution in [0.2, 0.25) is 0 Å². The Balaban J connectivity index is 1.34. The Kier molecular flexibility index (Phi) is 3.79. The van der Waals surface area contributed by atoms with Crippen LogP contribution in [0.1, 0.15) is 12.0 Å². The molecule has 0 amide bonds. The summed E-state index contributed by atoms with van der Waals surface area (Å²) in [5.74, 6) is 2.46. The molecule has 2 aromatic carbocycles. The molecular weight excluding hydrogens is 368 g/mol. The van der Waals surface area contributed by atoms with E-state index in [4.69, 9.17) is 18.6 Å². The van der Waals surface area contributed by atoms with Gasteiger partial charge in [0.05, 0.1) is 17.3 Å². The molecule has 0 spiro atoms. The van der Waals surface area contributed by atoms with E-state index in [-0.39, 0.29) is 6.01 Å². The third-order valence-corrected chi connectivity index (χ3v) is 4.99. The number of aromatic nitrogens is 3. The third-order valence-electron chi connectivity index (χ3n) is 4.03. The van der Waals surface area contributed by atoms with Crippen molar-refractivity contribution in [1.82, 2.24) is 15.2 Å². The Morgan fingerprint density at radius 1 is 1.15 bits per heavy atom. The van der Waals surface area contributed by atoms with Crippen LogP contribution in [-0.2, 0) is 0 Å². The lowest BCUT2D eigenvalue weighted by atomic mass is 10.2. The molecule has 136 valence electrons. The molecule has 3 heterocycles. The molecule has 0 fully saturated rings. The average molecular weight is 382 g/mol. The quantitative estimate of drug-likeness (QED) is 0.567. The van der Waals surface area contributed by atoms with E-state index in [9.17, 15) is 0 Å². The van der Waals surface area contributed by atoms with Crippen molar-refractivity contribution in [2.75, 3.05) is 19.0 Å². The molecule has 0 aliphatic carbocycles. The number of nitrogens with one attached hydrogen (secondary N) is 1. The van der Waals surface area contributed by atoms with Gasteiger partial charge in [0.15, 0.2) is 16.6 Å². The summed E-state index contributed by atoms with van der Waals surface area (Å²) in [7, 11) is 1.63. The zero-order valence-electron chi connectivity index (χ0n) is 14.2. The fraction of sp³-hybridized carbons (Fsp3) is 0.167. The average Bonchev–Trinajstić information content (AvgIpc) is 3.33. The maximum atomic E-state index is 5.88. The van der Waals surface area contributed by atoms with Gasteiger partial charge in [-0.3, -0.25) is 5.32 Å². The number of hydrogen-bond acceptors (Lipinski definition) is 9. The predicted molar refractivity (Wildman–Crippen MR) is 99.1 cm³/mol. The third kappa shape index (κ3) is 3.02. The summed E-state index contributed by atoms with van der Waals surface area (Å²) < 4.78 is 23.5. The van der Waals surface area contributed by atoms with Gasteiger partial charge in [-0.05, 0) is 24.3 Å². The maximum absolute atomic E-state index is 5.88. The highest BCUT2D eigenvalue weighted by Gasteiger charge is 2.27. The summed E-state index contributed by atoms with van der Waals surface area (Å²) in [4.78, 5) is 4.51. The Morgan fingerprint density at radius 3 is 2.93 bits per heavy atom. The molecule has 0 bridgehead atoms. The first-order valence-corrected chi connectivity index (χ1v) is 9.03. The SMILES string of the molecule is COc1ccc2sc(Nc3nnc([C@@H]4COc5ccccc5O4)o3)nc2c1. The van der Waals surface area contributed by atoms with Gasteiger partial charge in [0, 0.05) is 6.07 Å². The first-order chi connectivity index (χ1) is 13.3. The summed E-state index contributed by atoms with van der Waals surface area (Å²) >= 11 is 1.49. The topological polar surface area (TPSA) is 91.5 Å². The predicted octanol–water partition coefficient (Wildman–Crippen LogP) is 3.94. The van der Waals surface area contributed by atoms with E-state index in [1.807, 2.05) is 42.5 Å². The van der Waals surface area contributed by atoms with Gasteiger partial charge in [0.1, 0.15) is 12.4 Å². The Bertz CT molecular complexity index is 1110. The van der Waals surface area contributed by atoms with Gasteiger partial charge in [0.25, 0.3) is 5.89 Å². The first-order valence-electron chi connectivity index (χ1n) is 8.22. The van der Waals surface area contributed by atoms with Crippen LogP contribution in [0.15, 0.2) is 46.9 Å². The highest BCUT2D eigenvalue weighted by Crippen LogP contribution is 2.36. The molecule has 1 aliphatic rings. The lowest BCUT2D eigenvalue weighted by Gasteiger charge is -2.23. The monoisotopic (exact) mass is 382 g/mol. The number of para-hydroxylation sites is 2. The van der Waals surface area contributed by atoms with E-state index in [0.29, 0.717) is 29.1 Å². The number of anilines is 2. The molecule has 2 aromatic heterocycles. The Hall–Kier alpha value is -3.33. The fourth-order valence-corrected chi connectivity index (χ4v) is 3.57. The molecule has 0 unspecified atom stereocenters. The smallest absolute Gasteiger partial charge is 0.322 e. The number of fused-ring (bicyclic) bond motifs is 2. The largest absolute Gasteiger partial charge is 0.497 e. The van der Waals surface area contributed by atoms with E-state index in [2.05, 4.69) is 20.5 Å². The first kappa shape index (κ1) is 15.9. The molecule has 5 rings (SSSR count). The molecule has 1 aliphatic heterocycles. The number of ether oxygens (including phenoxy) is 3. The molecule has 0 saturated heterocycles. The number of thiazole rings is 1. The van der Waals surface area contributed by atoms with Crippen LogP contribution in [0.5, 0.6) is 17.2 Å². The lowest BCUT2D eigenvalue weighted by molar-refractivity contribution is 0.0718. The van der Waals surface area contributed by atoms with Crippen molar-refractivity contribution in [3.63, 3.8) is 0 Å². The summed E-state index contributed by atoms with van der Waals surface area (Å²) in [5, 5.41) is 11.8. The van der Waals surface area contributed by atoms with Crippen LogP contribution < -0.4 is 19.5 Å². The number of hydrogen-bond donors (Lipinski definition) is 1. The number of benzene rings is 2. The summed E-state index contributed by atoms with van der Waals surface area (Å²) in [6.45, 7) is 0.305. The van der Waals surface area contributed by atoms with Gasteiger partial charge < -0.3 is 18.6 Å². The van der Waals surface area contributed by atoms with Gasteiger partial charge in [-0.2, -0.15) is 0 Å². The minimum atomic E-state index is -0.456. The second-order valence-electron chi connectivity index (χ2n) is 5.79. The molecule has 1 N–H and O–H groups in total. The van der Waals surface area contributed by atoms with Crippen molar-refractivity contribution in [2.24, 2.45) is 0 Å². The van der Waals surface area contributed by atoms with Crippen LogP contribution in [-0.4, -0.2) is 28.9 Å². The molecule has 8 nitrogen and oxygen atoms in total. The lowest BCUT2D eigenvalue weighted by Crippen LogP contribution is -2.21. The molecule has 4 aromatic rings. The van der Waals surface area contributed by atoms with E-state index in [1.54, 1.807) is 7.11 Å². The summed E-state index contributed by atoms with van der Waals surface area (Å²) in [6, 6.07) is 13.5. The Labute approximate surface area is 157 Å². The van der Waals surface area contributed by atoms with Crippen molar-refractivity contribution in [3.8, 4) is 17.2 Å². The Morgan fingerprint density at radius 2 is 2.04 bits per heavy atom. The molecular formula is C18H14N4O4S. The van der Waals surface area contributed by atoms with Crippen LogP contribution in [0, 0.1) is 0 Å². The molecule has 0 saturated carbocycles. The molecule has 9 heteroatoms. The molecule has 0 radical (unpaired) electrons. The minimum Gasteiger partial charge on any atom is -0.497 e. The van der Waals surface area contributed by atoms with E-state index in [0.717, 1.165) is 16.0 Å². The maximum Gasteiger partial charge on any atom is 0.322 e. The standard InChI is InChI=1S/C18H14N4O4S/c1-23-10-6-7-15-11(8-10)19-18(27-15)20-17-22-21-16(26-17)14-9-24-12-4-2-3-5-13(12)25-14/h2-8,14H,9H2,1H3,(H,19,20,22)/t14-/m0/s1. The van der Waals surface area contributed by atoms with Gasteiger partial charge in [0.2, 0.25) is 6.10 Å². The van der Waals surface area contributed by atoms with Crippen molar-refractivity contribution in [3.05, 3.63) is 48.4 Å². The van der Waals surface area contributed by atoms with Gasteiger partial charge in [-0.1, -0.05) is 28.6 Å². The highest BCUT2D eigenvalue weighted by molar-refractivity contribution is 7.22. The number of nitrogens with zero attached hydrogens (tertiary/aromatic N) is 3. The second kappa shape index (κ2) is 6.44. The van der Waals surface area contributed by atoms with Gasteiger partial charge in [-0.15, -0.1) is 5.10 Å². The molecule has 1 atom stereocenters. The normalized spacial score (nSPS) is 15.7. The van der Waals surface area contributed by atoms with E-state index >= 15 is 0 Å². The van der Waals surface area contributed by atoms with Gasteiger partial charge in [-0.25, -0.2) is 4.98 Å². The van der Waals surface area contributed by atoms with Crippen molar-refractivity contribution in [2.45, 2.75) is 6.10 Å². The van der Waals surface area contributed by atoms with Crippen molar-refractivity contribution in [1.29, 1.82) is 0 Å². The van der Waals surface area contributed by atoms with Gasteiger partial charge >= 0.3 is 6.01 Å². The highest BCUT2D eigenvalue weighted by atomic mass is 32.1. The van der Waals surface area contributed by atoms with Crippen molar-refractivity contribution >= 4 is 32.7 Å². The zero-order valence-corrected chi connectivity index (χ0v) is 15.0. The van der Waals surface area contributed by atoms with Crippen LogP contribution in [0.3, 0.4) is 0 Å². The summed E-state index contributed by atoms with van der Waals surface area (Å²) in [5.41, 5.74) is 0.835. The van der Waals surface area contributed by atoms with Crippen molar-refractivity contribution < 1.29 is 18.6 Å². The van der Waals surface area contributed by atoms with Crippen LogP contribution in [0.25, 0.3) is 10.2 Å². The molecule has 27 heavy (non-hydrogen) atoms. The zero-order chi connectivity index (χ0) is 18.2. The summed E-state index contributed by atoms with van der Waals surface area (Å²) in [6.07, 6.45) is -0.456. The van der Waals surface area contributed by atoms with Crippen LogP contribution in [0.4, 0.5) is 11.1 Å². The van der Waals surface area contributed by atoms with E-state index < -0.39 is 6.10 Å². The van der Waals surface area contributed by atoms with E-state index in [1.165, 1.54) is 11.3 Å². The fourth-order valence-electron chi connectivity index (χ4n) is 2.74. The number of rotatable bonds is 4. The number of methoxy groups -OCH3 is 1.